The number of carboxylic acids is 1. The molecule has 0 aliphatic heterocycles. The maximum atomic E-state index is 11.8. The molecule has 0 bridgehead atoms. The summed E-state index contributed by atoms with van der Waals surface area (Å²) in [6.07, 6.45) is 1.89. The molecular formula is C12H19N3O3. The van der Waals surface area contributed by atoms with Crippen LogP contribution in [-0.2, 0) is 4.79 Å². The van der Waals surface area contributed by atoms with Crippen LogP contribution in [0, 0.1) is 23.2 Å². The van der Waals surface area contributed by atoms with Crippen LogP contribution in [0.5, 0.6) is 0 Å². The highest BCUT2D eigenvalue weighted by Crippen LogP contribution is 2.34. The van der Waals surface area contributed by atoms with Crippen LogP contribution in [0.25, 0.3) is 0 Å². The van der Waals surface area contributed by atoms with Gasteiger partial charge in [0.2, 0.25) is 0 Å². The van der Waals surface area contributed by atoms with E-state index in [1.807, 2.05) is 0 Å². The van der Waals surface area contributed by atoms with Gasteiger partial charge in [-0.15, -0.1) is 0 Å². The van der Waals surface area contributed by atoms with Crippen LogP contribution in [0.2, 0.25) is 0 Å². The van der Waals surface area contributed by atoms with Crippen LogP contribution < -0.4 is 5.32 Å². The van der Waals surface area contributed by atoms with Gasteiger partial charge in [-0.1, -0.05) is 0 Å². The Kier molecular flexibility index (Phi) is 4.95. The van der Waals surface area contributed by atoms with Crippen LogP contribution in [0.3, 0.4) is 0 Å². The lowest BCUT2D eigenvalue weighted by Gasteiger charge is -2.23. The van der Waals surface area contributed by atoms with E-state index >= 15 is 0 Å². The van der Waals surface area contributed by atoms with Crippen molar-refractivity contribution in [2.75, 3.05) is 13.6 Å². The van der Waals surface area contributed by atoms with Gasteiger partial charge < -0.3 is 15.3 Å². The molecule has 1 fully saturated rings. The lowest BCUT2D eigenvalue weighted by Crippen LogP contribution is -2.46. The quantitative estimate of drug-likeness (QED) is 0.739. The lowest BCUT2D eigenvalue weighted by molar-refractivity contribution is -0.137. The molecule has 0 aromatic rings. The third kappa shape index (κ3) is 4.62. The first-order valence-electron chi connectivity index (χ1n) is 6.07. The summed E-state index contributed by atoms with van der Waals surface area (Å²) in [5.74, 6) is -0.855. The minimum Gasteiger partial charge on any atom is -0.481 e. The number of hydrogen-bond donors (Lipinski definition) is 2. The number of nitriles is 1. The molecule has 2 N–H and O–H groups in total. The van der Waals surface area contributed by atoms with Crippen molar-refractivity contribution in [1.82, 2.24) is 10.2 Å². The average Bonchev–Trinajstić information content (AvgIpc) is 3.10. The fraction of sp³-hybridized carbons (Fsp3) is 0.750. The number of aliphatic carboxylic acids is 1. The van der Waals surface area contributed by atoms with E-state index in [2.05, 4.69) is 11.4 Å². The summed E-state index contributed by atoms with van der Waals surface area (Å²) in [5.41, 5.74) is 0. The minimum atomic E-state index is -0.903. The minimum absolute atomic E-state index is 0.0436. The summed E-state index contributed by atoms with van der Waals surface area (Å²) < 4.78 is 0. The Hall–Kier alpha value is -1.77. The first kappa shape index (κ1) is 14.3. The van der Waals surface area contributed by atoms with Crippen LogP contribution >= 0.6 is 0 Å². The summed E-state index contributed by atoms with van der Waals surface area (Å²) in [6.45, 7) is 2.08. The van der Waals surface area contributed by atoms with Gasteiger partial charge in [0.25, 0.3) is 0 Å². The number of nitrogens with zero attached hydrogens (tertiary/aromatic N) is 2. The van der Waals surface area contributed by atoms with Gasteiger partial charge in [0.05, 0.1) is 18.4 Å². The van der Waals surface area contributed by atoms with E-state index in [0.717, 1.165) is 12.8 Å². The Morgan fingerprint density at radius 1 is 1.56 bits per heavy atom. The van der Waals surface area contributed by atoms with Crippen molar-refractivity contribution in [2.45, 2.75) is 32.2 Å². The van der Waals surface area contributed by atoms with Gasteiger partial charge in [-0.3, -0.25) is 4.79 Å². The summed E-state index contributed by atoms with van der Waals surface area (Å²) in [4.78, 5) is 24.0. The van der Waals surface area contributed by atoms with Gasteiger partial charge in [0, 0.05) is 19.6 Å². The highest BCUT2D eigenvalue weighted by atomic mass is 16.4. The van der Waals surface area contributed by atoms with Gasteiger partial charge in [0.1, 0.15) is 0 Å². The van der Waals surface area contributed by atoms with Crippen molar-refractivity contribution in [1.29, 1.82) is 5.26 Å². The van der Waals surface area contributed by atoms with Crippen LogP contribution in [0.15, 0.2) is 0 Å². The molecule has 6 nitrogen and oxygen atoms in total. The summed E-state index contributed by atoms with van der Waals surface area (Å²) >= 11 is 0. The van der Waals surface area contributed by atoms with Crippen molar-refractivity contribution >= 4 is 12.0 Å². The molecule has 1 rings (SSSR count). The molecule has 0 heterocycles. The van der Waals surface area contributed by atoms with E-state index in [4.69, 9.17) is 10.4 Å². The Labute approximate surface area is 107 Å². The van der Waals surface area contributed by atoms with Crippen molar-refractivity contribution in [3.05, 3.63) is 0 Å². The first-order chi connectivity index (χ1) is 8.43. The summed E-state index contributed by atoms with van der Waals surface area (Å²) in [7, 11) is 1.61. The Morgan fingerprint density at radius 3 is 2.61 bits per heavy atom. The van der Waals surface area contributed by atoms with E-state index in [0.29, 0.717) is 6.54 Å². The molecule has 0 spiro atoms. The van der Waals surface area contributed by atoms with E-state index < -0.39 is 5.97 Å². The molecule has 1 aliphatic carbocycles. The number of nitrogens with one attached hydrogen (secondary N) is 1. The molecular weight excluding hydrogens is 234 g/mol. The molecule has 0 saturated heterocycles. The van der Waals surface area contributed by atoms with E-state index in [1.54, 1.807) is 14.0 Å². The number of carbonyl (C=O) groups excluding carboxylic acids is 1. The molecule has 2 atom stereocenters. The predicted octanol–water partition coefficient (Wildman–Crippen LogP) is 1.04. The van der Waals surface area contributed by atoms with Crippen LogP contribution in [0.1, 0.15) is 26.2 Å². The van der Waals surface area contributed by atoms with Crippen LogP contribution in [-0.4, -0.2) is 41.6 Å². The number of urea groups is 1. The van der Waals surface area contributed by atoms with Gasteiger partial charge in [0.15, 0.2) is 0 Å². The molecule has 1 aliphatic rings. The molecule has 18 heavy (non-hydrogen) atoms. The zero-order valence-corrected chi connectivity index (χ0v) is 10.7. The van der Waals surface area contributed by atoms with Crippen molar-refractivity contribution < 1.29 is 14.7 Å². The molecule has 2 unspecified atom stereocenters. The van der Waals surface area contributed by atoms with Crippen molar-refractivity contribution in [3.8, 4) is 6.07 Å². The highest BCUT2D eigenvalue weighted by molar-refractivity contribution is 5.75. The van der Waals surface area contributed by atoms with Crippen LogP contribution in [0.4, 0.5) is 4.79 Å². The molecule has 1 saturated carbocycles. The van der Waals surface area contributed by atoms with Gasteiger partial charge in [-0.2, -0.15) is 5.26 Å². The SMILES string of the molecule is CC(C#N)CN(C)C(=O)NC(CC(=O)O)C1CC1. The number of rotatable bonds is 6. The molecule has 0 aromatic carbocycles. The third-order valence-corrected chi connectivity index (χ3v) is 3.01. The topological polar surface area (TPSA) is 93.4 Å². The highest BCUT2D eigenvalue weighted by Gasteiger charge is 2.34. The second-order valence-corrected chi connectivity index (χ2v) is 4.90. The average molecular weight is 253 g/mol. The number of amides is 2. The Bertz CT molecular complexity index is 360. The fourth-order valence-corrected chi connectivity index (χ4v) is 1.83. The molecule has 0 aromatic heterocycles. The smallest absolute Gasteiger partial charge is 0.317 e. The number of carboxylic acid groups (broad SMARTS) is 1. The standard InChI is InChI=1S/C12H19N3O3/c1-8(6-13)7-15(2)12(18)14-10(5-11(16)17)9-3-4-9/h8-10H,3-5,7H2,1-2H3,(H,14,18)(H,16,17). The largest absolute Gasteiger partial charge is 0.481 e. The molecule has 0 radical (unpaired) electrons. The predicted molar refractivity (Wildman–Crippen MR) is 64.7 cm³/mol. The Morgan fingerprint density at radius 2 is 2.17 bits per heavy atom. The molecule has 6 heteroatoms. The zero-order valence-electron chi connectivity index (χ0n) is 10.7. The number of hydrogen-bond acceptors (Lipinski definition) is 3. The van der Waals surface area contributed by atoms with Crippen molar-refractivity contribution in [2.24, 2.45) is 11.8 Å². The number of carbonyl (C=O) groups is 2. The fourth-order valence-electron chi connectivity index (χ4n) is 1.83. The maximum Gasteiger partial charge on any atom is 0.317 e. The van der Waals surface area contributed by atoms with Crippen molar-refractivity contribution in [3.63, 3.8) is 0 Å². The van der Waals surface area contributed by atoms with E-state index in [-0.39, 0.29) is 30.3 Å². The second kappa shape index (κ2) is 6.24. The maximum absolute atomic E-state index is 11.8. The molecule has 100 valence electrons. The third-order valence-electron chi connectivity index (χ3n) is 3.01. The second-order valence-electron chi connectivity index (χ2n) is 4.90. The lowest BCUT2D eigenvalue weighted by atomic mass is 10.1. The molecule has 2 amide bonds. The monoisotopic (exact) mass is 253 g/mol. The Balaban J connectivity index is 2.45. The normalized spacial score (nSPS) is 17.4. The zero-order chi connectivity index (χ0) is 13.7. The van der Waals surface area contributed by atoms with E-state index in [9.17, 15) is 9.59 Å². The van der Waals surface area contributed by atoms with Gasteiger partial charge in [-0.25, -0.2) is 4.79 Å². The van der Waals surface area contributed by atoms with Gasteiger partial charge >= 0.3 is 12.0 Å². The summed E-state index contributed by atoms with van der Waals surface area (Å²) in [5, 5.41) is 20.2. The summed E-state index contributed by atoms with van der Waals surface area (Å²) in [6, 6.07) is 1.45. The van der Waals surface area contributed by atoms with Gasteiger partial charge in [-0.05, 0) is 25.7 Å². The van der Waals surface area contributed by atoms with E-state index in [1.165, 1.54) is 4.90 Å². The first-order valence-corrected chi connectivity index (χ1v) is 6.07.